The van der Waals surface area contributed by atoms with Crippen molar-refractivity contribution in [1.29, 1.82) is 0 Å². The van der Waals surface area contributed by atoms with Gasteiger partial charge in [0.1, 0.15) is 5.82 Å². The number of aromatic nitrogens is 1. The summed E-state index contributed by atoms with van der Waals surface area (Å²) in [5, 5.41) is 0. The van der Waals surface area contributed by atoms with Gasteiger partial charge >= 0.3 is 0 Å². The van der Waals surface area contributed by atoms with Gasteiger partial charge in [0.15, 0.2) is 5.78 Å². The van der Waals surface area contributed by atoms with E-state index in [1.54, 1.807) is 42.6 Å². The number of carbonyl (C=O) groups is 1. The summed E-state index contributed by atoms with van der Waals surface area (Å²) in [6.07, 6.45) is 5.24. The zero-order valence-electron chi connectivity index (χ0n) is 10.4. The van der Waals surface area contributed by atoms with E-state index < -0.39 is 0 Å². The van der Waals surface area contributed by atoms with Crippen LogP contribution in [-0.2, 0) is 11.2 Å². The number of benzene rings is 1. The lowest BCUT2D eigenvalue weighted by Gasteiger charge is -1.99. The lowest BCUT2D eigenvalue weighted by atomic mass is 10.1. The third-order valence-electron chi connectivity index (χ3n) is 2.62. The molecule has 96 valence electrons. The summed E-state index contributed by atoms with van der Waals surface area (Å²) in [6, 6.07) is 10.8. The number of ketones is 1. The van der Waals surface area contributed by atoms with Gasteiger partial charge in [-0.25, -0.2) is 4.98 Å². The van der Waals surface area contributed by atoms with Crippen molar-refractivity contribution in [2.24, 2.45) is 0 Å². The van der Waals surface area contributed by atoms with Crippen LogP contribution in [0.3, 0.4) is 0 Å². The number of nitrogens with zero attached hydrogens (tertiary/aromatic N) is 1. The van der Waals surface area contributed by atoms with Gasteiger partial charge in [-0.2, -0.15) is 0 Å². The molecule has 1 aromatic heterocycles. The molecule has 0 atom stereocenters. The van der Waals surface area contributed by atoms with Gasteiger partial charge in [-0.1, -0.05) is 18.2 Å². The minimum atomic E-state index is 0.0161. The first-order valence-corrected chi connectivity index (χ1v) is 5.90. The molecule has 0 unspecified atom stereocenters. The van der Waals surface area contributed by atoms with Gasteiger partial charge in [-0.15, -0.1) is 0 Å². The van der Waals surface area contributed by atoms with Crippen LogP contribution >= 0.6 is 0 Å². The summed E-state index contributed by atoms with van der Waals surface area (Å²) < 4.78 is 0. The first-order chi connectivity index (χ1) is 9.13. The van der Waals surface area contributed by atoms with Crippen LogP contribution in [0.15, 0.2) is 48.7 Å². The number of anilines is 2. The zero-order valence-corrected chi connectivity index (χ0v) is 10.4. The summed E-state index contributed by atoms with van der Waals surface area (Å²) >= 11 is 0. The van der Waals surface area contributed by atoms with E-state index in [9.17, 15) is 4.79 Å². The van der Waals surface area contributed by atoms with Crippen molar-refractivity contribution in [1.82, 2.24) is 4.98 Å². The normalized spacial score (nSPS) is 10.7. The van der Waals surface area contributed by atoms with Crippen LogP contribution in [0.2, 0.25) is 0 Å². The van der Waals surface area contributed by atoms with Gasteiger partial charge in [0.25, 0.3) is 0 Å². The second-order valence-electron chi connectivity index (χ2n) is 4.23. The minimum Gasteiger partial charge on any atom is -0.399 e. The van der Waals surface area contributed by atoms with Crippen molar-refractivity contribution in [3.63, 3.8) is 0 Å². The molecule has 0 aliphatic rings. The Labute approximate surface area is 111 Å². The Kier molecular flexibility index (Phi) is 3.93. The molecule has 2 aromatic rings. The fraction of sp³-hybridized carbons (Fsp3) is 0.0667. The van der Waals surface area contributed by atoms with E-state index in [0.717, 1.165) is 11.1 Å². The van der Waals surface area contributed by atoms with Crippen LogP contribution in [-0.4, -0.2) is 10.8 Å². The summed E-state index contributed by atoms with van der Waals surface area (Å²) in [5.74, 6) is 0.440. The molecule has 4 nitrogen and oxygen atoms in total. The third-order valence-corrected chi connectivity index (χ3v) is 2.62. The molecule has 0 fully saturated rings. The van der Waals surface area contributed by atoms with E-state index in [0.29, 0.717) is 17.9 Å². The van der Waals surface area contributed by atoms with Crippen molar-refractivity contribution in [3.8, 4) is 0 Å². The lowest BCUT2D eigenvalue weighted by molar-refractivity contribution is -0.113. The predicted molar refractivity (Wildman–Crippen MR) is 77.2 cm³/mol. The van der Waals surface area contributed by atoms with Crippen LogP contribution in [0.1, 0.15) is 11.1 Å². The molecule has 19 heavy (non-hydrogen) atoms. The SMILES string of the molecule is Nc1ccc(/C=C/C(=O)Cc2ccnc(N)c2)cc1. The van der Waals surface area contributed by atoms with E-state index in [2.05, 4.69) is 4.98 Å². The maximum Gasteiger partial charge on any atom is 0.160 e. The van der Waals surface area contributed by atoms with Crippen molar-refractivity contribution in [3.05, 3.63) is 59.8 Å². The van der Waals surface area contributed by atoms with E-state index >= 15 is 0 Å². The summed E-state index contributed by atoms with van der Waals surface area (Å²) in [4.78, 5) is 15.7. The summed E-state index contributed by atoms with van der Waals surface area (Å²) in [5.41, 5.74) is 13.7. The van der Waals surface area contributed by atoms with Crippen molar-refractivity contribution in [2.45, 2.75) is 6.42 Å². The predicted octanol–water partition coefficient (Wildman–Crippen LogP) is 2.07. The number of hydrogen-bond acceptors (Lipinski definition) is 4. The van der Waals surface area contributed by atoms with Gasteiger partial charge in [0, 0.05) is 18.3 Å². The molecule has 0 bridgehead atoms. The minimum absolute atomic E-state index is 0.0161. The van der Waals surface area contributed by atoms with Gasteiger partial charge in [0.05, 0.1) is 0 Å². The molecule has 1 aromatic carbocycles. The average Bonchev–Trinajstić information content (AvgIpc) is 2.38. The van der Waals surface area contributed by atoms with Gasteiger partial charge in [0.2, 0.25) is 0 Å². The molecule has 0 aliphatic carbocycles. The van der Waals surface area contributed by atoms with Crippen molar-refractivity contribution >= 4 is 23.4 Å². The average molecular weight is 253 g/mol. The molecule has 0 aliphatic heterocycles. The van der Waals surface area contributed by atoms with Crippen LogP contribution < -0.4 is 11.5 Å². The molecule has 2 rings (SSSR count). The van der Waals surface area contributed by atoms with Crippen molar-refractivity contribution in [2.75, 3.05) is 11.5 Å². The second kappa shape index (κ2) is 5.82. The van der Waals surface area contributed by atoms with E-state index in [1.807, 2.05) is 12.1 Å². The fourth-order valence-electron chi connectivity index (χ4n) is 1.66. The molecular formula is C15H15N3O. The summed E-state index contributed by atoms with van der Waals surface area (Å²) in [7, 11) is 0. The maximum atomic E-state index is 11.8. The maximum absolute atomic E-state index is 11.8. The Balaban J connectivity index is 1.99. The second-order valence-corrected chi connectivity index (χ2v) is 4.23. The van der Waals surface area contributed by atoms with Crippen LogP contribution in [0.25, 0.3) is 6.08 Å². The Morgan fingerprint density at radius 1 is 1.16 bits per heavy atom. The Bertz CT molecular complexity index is 603. The van der Waals surface area contributed by atoms with Gasteiger partial charge in [-0.3, -0.25) is 4.79 Å². The highest BCUT2D eigenvalue weighted by atomic mass is 16.1. The largest absolute Gasteiger partial charge is 0.399 e. The van der Waals surface area contributed by atoms with E-state index in [1.165, 1.54) is 0 Å². The third kappa shape index (κ3) is 3.96. The number of carbonyl (C=O) groups excluding carboxylic acids is 1. The van der Waals surface area contributed by atoms with Crippen LogP contribution in [0.5, 0.6) is 0 Å². The Morgan fingerprint density at radius 2 is 1.89 bits per heavy atom. The van der Waals surface area contributed by atoms with Crippen LogP contribution in [0, 0.1) is 0 Å². The lowest BCUT2D eigenvalue weighted by Crippen LogP contribution is -2.00. The van der Waals surface area contributed by atoms with Crippen molar-refractivity contribution < 1.29 is 4.79 Å². The highest BCUT2D eigenvalue weighted by molar-refractivity contribution is 5.95. The molecule has 0 saturated carbocycles. The van der Waals surface area contributed by atoms with Gasteiger partial charge in [-0.05, 0) is 41.5 Å². The number of pyridine rings is 1. The number of hydrogen-bond donors (Lipinski definition) is 2. The first-order valence-electron chi connectivity index (χ1n) is 5.90. The highest BCUT2D eigenvalue weighted by Gasteiger charge is 2.00. The molecule has 0 radical (unpaired) electrons. The molecule has 4 N–H and O–H groups in total. The standard InChI is InChI=1S/C15H15N3O/c16-13-4-1-11(2-5-13)3-6-14(19)9-12-7-8-18-15(17)10-12/h1-8,10H,9,16H2,(H2,17,18)/b6-3+. The fourth-order valence-corrected chi connectivity index (χ4v) is 1.66. The number of allylic oxidation sites excluding steroid dienone is 1. The molecular weight excluding hydrogens is 238 g/mol. The number of rotatable bonds is 4. The topological polar surface area (TPSA) is 82.0 Å². The van der Waals surface area contributed by atoms with E-state index in [-0.39, 0.29) is 5.78 Å². The monoisotopic (exact) mass is 253 g/mol. The quantitative estimate of drug-likeness (QED) is 0.645. The number of nitrogen functional groups attached to an aromatic ring is 2. The van der Waals surface area contributed by atoms with Gasteiger partial charge < -0.3 is 11.5 Å². The number of nitrogens with two attached hydrogens (primary N) is 2. The highest BCUT2D eigenvalue weighted by Crippen LogP contribution is 2.08. The molecule has 0 amide bonds. The van der Waals surface area contributed by atoms with Crippen LogP contribution in [0.4, 0.5) is 11.5 Å². The molecule has 1 heterocycles. The smallest absolute Gasteiger partial charge is 0.160 e. The van der Waals surface area contributed by atoms with E-state index in [4.69, 9.17) is 11.5 Å². The summed E-state index contributed by atoms with van der Waals surface area (Å²) in [6.45, 7) is 0. The zero-order chi connectivity index (χ0) is 13.7. The molecule has 4 heteroatoms. The first kappa shape index (κ1) is 12.8. The molecule has 0 spiro atoms. The Hall–Kier alpha value is -2.62. The Morgan fingerprint density at radius 3 is 2.58 bits per heavy atom. The molecule has 0 saturated heterocycles.